The molecule has 3 rings (SSSR count). The summed E-state index contributed by atoms with van der Waals surface area (Å²) in [6.45, 7) is 0.341. The van der Waals surface area contributed by atoms with Crippen LogP contribution in [-0.4, -0.2) is 28.7 Å². The lowest BCUT2D eigenvalue weighted by Gasteiger charge is -2.29. The normalized spacial score (nSPS) is 22.0. The van der Waals surface area contributed by atoms with E-state index in [-0.39, 0.29) is 18.2 Å². The third-order valence-corrected chi connectivity index (χ3v) is 4.76. The fraction of sp³-hybridized carbons (Fsp3) is 0.308. The predicted octanol–water partition coefficient (Wildman–Crippen LogP) is 1.86. The Bertz CT molecular complexity index is 647. The van der Waals surface area contributed by atoms with Crippen LogP contribution in [0.15, 0.2) is 16.6 Å². The first-order chi connectivity index (χ1) is 9.47. The monoisotopic (exact) mass is 356 g/mol. The van der Waals surface area contributed by atoms with Crippen molar-refractivity contribution in [3.05, 3.63) is 32.8 Å². The summed E-state index contributed by atoms with van der Waals surface area (Å²) in [4.78, 5) is 36.9. The Hall–Kier alpha value is -1.40. The molecule has 0 saturated carbocycles. The lowest BCUT2D eigenvalue weighted by Crippen LogP contribution is -2.52. The van der Waals surface area contributed by atoms with E-state index in [1.54, 1.807) is 12.1 Å². The molecule has 104 valence electrons. The Balaban J connectivity index is 1.90. The van der Waals surface area contributed by atoms with Gasteiger partial charge in [-0.1, -0.05) is 11.6 Å². The third-order valence-electron chi connectivity index (χ3n) is 3.56. The van der Waals surface area contributed by atoms with Crippen molar-refractivity contribution >= 4 is 45.3 Å². The van der Waals surface area contributed by atoms with Gasteiger partial charge in [0.25, 0.3) is 5.91 Å². The van der Waals surface area contributed by atoms with E-state index in [0.717, 1.165) is 5.56 Å². The molecule has 1 aromatic rings. The van der Waals surface area contributed by atoms with Crippen molar-refractivity contribution in [1.82, 2.24) is 10.2 Å². The van der Waals surface area contributed by atoms with Crippen molar-refractivity contribution in [2.45, 2.75) is 25.4 Å². The number of halogens is 2. The standard InChI is InChI=1S/C13H10BrClN2O3/c14-8-4-7-6(3-9(8)15)5-17(13(7)20)10-1-2-11(18)16-12(10)19/h3-4,10H,1-2,5H2,(H,16,18,19). The van der Waals surface area contributed by atoms with Crippen LogP contribution in [0.2, 0.25) is 5.02 Å². The summed E-state index contributed by atoms with van der Waals surface area (Å²) in [5.41, 5.74) is 1.35. The van der Waals surface area contributed by atoms with Gasteiger partial charge in [-0.2, -0.15) is 0 Å². The van der Waals surface area contributed by atoms with Crippen molar-refractivity contribution in [2.75, 3.05) is 0 Å². The summed E-state index contributed by atoms with van der Waals surface area (Å²) in [5.74, 6) is -0.902. The number of fused-ring (bicyclic) bond motifs is 1. The Labute approximate surface area is 128 Å². The second-order valence-corrected chi connectivity index (χ2v) is 6.08. The number of rotatable bonds is 1. The molecule has 0 spiro atoms. The van der Waals surface area contributed by atoms with E-state index < -0.39 is 11.9 Å². The fourth-order valence-corrected chi connectivity index (χ4v) is 3.09. The van der Waals surface area contributed by atoms with Crippen molar-refractivity contribution in [3.63, 3.8) is 0 Å². The zero-order valence-corrected chi connectivity index (χ0v) is 12.6. The summed E-state index contributed by atoms with van der Waals surface area (Å²) in [6.07, 6.45) is 0.611. The molecule has 5 nitrogen and oxygen atoms in total. The Kier molecular flexibility index (Phi) is 3.30. The van der Waals surface area contributed by atoms with Gasteiger partial charge < -0.3 is 4.90 Å². The highest BCUT2D eigenvalue weighted by Crippen LogP contribution is 2.33. The quantitative estimate of drug-likeness (QED) is 0.780. The van der Waals surface area contributed by atoms with Gasteiger partial charge in [0.15, 0.2) is 0 Å². The van der Waals surface area contributed by atoms with Crippen LogP contribution in [0.4, 0.5) is 0 Å². The van der Waals surface area contributed by atoms with Crippen molar-refractivity contribution in [3.8, 4) is 0 Å². The molecule has 2 aliphatic heterocycles. The number of imide groups is 1. The van der Waals surface area contributed by atoms with Crippen molar-refractivity contribution < 1.29 is 14.4 Å². The smallest absolute Gasteiger partial charge is 0.255 e. The van der Waals surface area contributed by atoms with E-state index in [1.807, 2.05) is 0 Å². The summed E-state index contributed by atoms with van der Waals surface area (Å²) in [6, 6.07) is 2.81. The zero-order valence-electron chi connectivity index (χ0n) is 10.3. The second kappa shape index (κ2) is 4.86. The van der Waals surface area contributed by atoms with Crippen LogP contribution in [0.3, 0.4) is 0 Å². The molecule has 1 saturated heterocycles. The average molecular weight is 358 g/mol. The SMILES string of the molecule is O=C1CCC(N2Cc3cc(Cl)c(Br)cc3C2=O)C(=O)N1. The number of benzene rings is 1. The largest absolute Gasteiger partial charge is 0.322 e. The topological polar surface area (TPSA) is 66.5 Å². The van der Waals surface area contributed by atoms with Gasteiger partial charge in [-0.3, -0.25) is 19.7 Å². The van der Waals surface area contributed by atoms with Gasteiger partial charge in [0, 0.05) is 23.0 Å². The highest BCUT2D eigenvalue weighted by Gasteiger charge is 2.39. The molecule has 1 aromatic carbocycles. The predicted molar refractivity (Wildman–Crippen MR) is 75.2 cm³/mol. The van der Waals surface area contributed by atoms with Crippen molar-refractivity contribution in [2.24, 2.45) is 0 Å². The van der Waals surface area contributed by atoms with E-state index >= 15 is 0 Å². The van der Waals surface area contributed by atoms with E-state index in [2.05, 4.69) is 21.2 Å². The summed E-state index contributed by atoms with van der Waals surface area (Å²) in [5, 5.41) is 2.80. The second-order valence-electron chi connectivity index (χ2n) is 4.82. The number of amides is 3. The molecule has 0 bridgehead atoms. The maximum absolute atomic E-state index is 12.4. The highest BCUT2D eigenvalue weighted by molar-refractivity contribution is 9.10. The molecular weight excluding hydrogens is 348 g/mol. The maximum Gasteiger partial charge on any atom is 0.255 e. The molecule has 3 amide bonds. The van der Waals surface area contributed by atoms with Gasteiger partial charge in [-0.05, 0) is 40.0 Å². The number of nitrogens with one attached hydrogen (secondary N) is 1. The molecule has 0 aliphatic carbocycles. The molecule has 0 radical (unpaired) electrons. The van der Waals surface area contributed by atoms with Crippen molar-refractivity contribution in [1.29, 1.82) is 0 Å². The lowest BCUT2D eigenvalue weighted by atomic mass is 10.0. The number of carbonyl (C=O) groups is 3. The Morgan fingerprint density at radius 2 is 2.05 bits per heavy atom. The fourth-order valence-electron chi connectivity index (χ4n) is 2.56. The third kappa shape index (κ3) is 2.13. The molecule has 7 heteroatoms. The minimum absolute atomic E-state index is 0.202. The molecule has 1 N–H and O–H groups in total. The number of carbonyl (C=O) groups excluding carboxylic acids is 3. The lowest BCUT2D eigenvalue weighted by molar-refractivity contribution is -0.136. The minimum atomic E-state index is -0.592. The van der Waals surface area contributed by atoms with Crippen LogP contribution >= 0.6 is 27.5 Å². The van der Waals surface area contributed by atoms with Gasteiger partial charge in [0.1, 0.15) is 6.04 Å². The number of nitrogens with zero attached hydrogens (tertiary/aromatic N) is 1. The molecule has 1 unspecified atom stereocenters. The van der Waals surface area contributed by atoms with E-state index in [4.69, 9.17) is 11.6 Å². The van der Waals surface area contributed by atoms with Gasteiger partial charge >= 0.3 is 0 Å². The van der Waals surface area contributed by atoms with Crippen LogP contribution in [0.1, 0.15) is 28.8 Å². The molecule has 1 atom stereocenters. The number of piperidine rings is 1. The van der Waals surface area contributed by atoms with E-state index in [9.17, 15) is 14.4 Å². The average Bonchev–Trinajstić information content (AvgIpc) is 2.68. The summed E-state index contributed by atoms with van der Waals surface area (Å²) < 4.78 is 0.649. The molecule has 2 heterocycles. The summed E-state index contributed by atoms with van der Waals surface area (Å²) in [7, 11) is 0. The van der Waals surface area contributed by atoms with Gasteiger partial charge in [-0.15, -0.1) is 0 Å². The molecule has 0 aromatic heterocycles. The van der Waals surface area contributed by atoms with Crippen LogP contribution in [-0.2, 0) is 16.1 Å². The van der Waals surface area contributed by atoms with Gasteiger partial charge in [-0.25, -0.2) is 0 Å². The van der Waals surface area contributed by atoms with Crippen LogP contribution in [0, 0.1) is 0 Å². The number of hydrogen-bond acceptors (Lipinski definition) is 3. The van der Waals surface area contributed by atoms with Crippen LogP contribution in [0.5, 0.6) is 0 Å². The Morgan fingerprint density at radius 1 is 1.30 bits per heavy atom. The minimum Gasteiger partial charge on any atom is -0.322 e. The number of hydrogen-bond donors (Lipinski definition) is 1. The Morgan fingerprint density at radius 3 is 2.75 bits per heavy atom. The molecule has 1 fully saturated rings. The highest BCUT2D eigenvalue weighted by atomic mass is 79.9. The molecular formula is C13H10BrClN2O3. The molecule has 2 aliphatic rings. The van der Waals surface area contributed by atoms with Crippen LogP contribution < -0.4 is 5.32 Å². The molecule has 20 heavy (non-hydrogen) atoms. The van der Waals surface area contributed by atoms with E-state index in [0.29, 0.717) is 28.0 Å². The maximum atomic E-state index is 12.4. The summed E-state index contributed by atoms with van der Waals surface area (Å²) >= 11 is 9.31. The van der Waals surface area contributed by atoms with Gasteiger partial charge in [0.05, 0.1) is 5.02 Å². The van der Waals surface area contributed by atoms with E-state index in [1.165, 1.54) is 4.90 Å². The first-order valence-corrected chi connectivity index (χ1v) is 7.27. The van der Waals surface area contributed by atoms with Crippen LogP contribution in [0.25, 0.3) is 0 Å². The first-order valence-electron chi connectivity index (χ1n) is 6.10. The first kappa shape index (κ1) is 13.6. The van der Waals surface area contributed by atoms with Gasteiger partial charge in [0.2, 0.25) is 11.8 Å². The zero-order chi connectivity index (χ0) is 14.4.